The Morgan fingerprint density at radius 1 is 1.16 bits per heavy atom. The molecule has 1 aliphatic heterocycles. The number of piperazine rings is 1. The van der Waals surface area contributed by atoms with Gasteiger partial charge in [0, 0.05) is 69.6 Å². The number of rotatable bonds is 6. The van der Waals surface area contributed by atoms with Crippen LogP contribution < -0.4 is 15.5 Å². The Morgan fingerprint density at radius 2 is 2.00 bits per heavy atom. The Hall–Kier alpha value is -3.13. The number of H-pyrrole nitrogens is 1. The van der Waals surface area contributed by atoms with E-state index in [1.54, 1.807) is 7.05 Å². The molecule has 164 valence electrons. The summed E-state index contributed by atoms with van der Waals surface area (Å²) in [6.45, 7) is 5.54. The molecular weight excluding hydrogens is 393 g/mol. The Labute approximate surface area is 182 Å². The molecule has 4 rings (SSSR count). The molecule has 0 spiro atoms. The summed E-state index contributed by atoms with van der Waals surface area (Å²) in [5.41, 5.74) is 3.15. The molecule has 0 amide bonds. The molecule has 0 unspecified atom stereocenters. The van der Waals surface area contributed by atoms with E-state index in [1.807, 2.05) is 24.5 Å². The lowest BCUT2D eigenvalue weighted by molar-refractivity contribution is 0.312. The van der Waals surface area contributed by atoms with Crippen molar-refractivity contribution in [1.29, 1.82) is 0 Å². The van der Waals surface area contributed by atoms with Crippen molar-refractivity contribution in [3.63, 3.8) is 0 Å². The van der Waals surface area contributed by atoms with Crippen molar-refractivity contribution in [2.45, 2.75) is 13.0 Å². The smallest absolute Gasteiger partial charge is 0.191 e. The van der Waals surface area contributed by atoms with Gasteiger partial charge in [-0.25, -0.2) is 9.37 Å². The van der Waals surface area contributed by atoms with E-state index in [9.17, 15) is 4.39 Å². The van der Waals surface area contributed by atoms with Crippen LogP contribution in [0.5, 0.6) is 0 Å². The SMILES string of the molecule is CN=C(NCCc1c[nH]c2cc(F)ccc12)NCc1ccnc(N2CCN(C)CC2)c1. The minimum Gasteiger partial charge on any atom is -0.361 e. The first-order valence-electron chi connectivity index (χ1n) is 10.7. The van der Waals surface area contributed by atoms with E-state index in [-0.39, 0.29) is 5.82 Å². The van der Waals surface area contributed by atoms with E-state index in [0.29, 0.717) is 6.54 Å². The third-order valence-electron chi connectivity index (χ3n) is 5.74. The molecule has 0 radical (unpaired) electrons. The Kier molecular flexibility index (Phi) is 6.66. The van der Waals surface area contributed by atoms with Gasteiger partial charge in [-0.15, -0.1) is 0 Å². The first kappa shape index (κ1) is 21.1. The highest BCUT2D eigenvalue weighted by atomic mass is 19.1. The van der Waals surface area contributed by atoms with Crippen molar-refractivity contribution >= 4 is 22.7 Å². The van der Waals surface area contributed by atoms with E-state index >= 15 is 0 Å². The zero-order valence-electron chi connectivity index (χ0n) is 18.2. The van der Waals surface area contributed by atoms with Crippen LogP contribution in [0.3, 0.4) is 0 Å². The summed E-state index contributed by atoms with van der Waals surface area (Å²) in [6.07, 6.45) is 4.63. The van der Waals surface area contributed by atoms with Crippen LogP contribution >= 0.6 is 0 Å². The number of hydrogen-bond donors (Lipinski definition) is 3. The maximum atomic E-state index is 13.4. The monoisotopic (exact) mass is 423 g/mol. The predicted octanol–water partition coefficient (Wildman–Crippen LogP) is 2.36. The van der Waals surface area contributed by atoms with Gasteiger partial charge < -0.3 is 25.4 Å². The molecule has 8 heteroatoms. The quantitative estimate of drug-likeness (QED) is 0.419. The van der Waals surface area contributed by atoms with Crippen LogP contribution in [0.25, 0.3) is 10.9 Å². The fourth-order valence-corrected chi connectivity index (χ4v) is 3.87. The molecule has 7 nitrogen and oxygen atoms in total. The number of benzene rings is 1. The molecule has 1 fully saturated rings. The number of guanidine groups is 1. The third-order valence-corrected chi connectivity index (χ3v) is 5.74. The van der Waals surface area contributed by atoms with E-state index in [4.69, 9.17) is 0 Å². The summed E-state index contributed by atoms with van der Waals surface area (Å²) in [5.74, 6) is 1.56. The number of nitrogens with zero attached hydrogens (tertiary/aromatic N) is 4. The predicted molar refractivity (Wildman–Crippen MR) is 124 cm³/mol. The van der Waals surface area contributed by atoms with Crippen LogP contribution in [-0.4, -0.2) is 67.6 Å². The van der Waals surface area contributed by atoms with Gasteiger partial charge in [0.25, 0.3) is 0 Å². The molecule has 0 saturated carbocycles. The van der Waals surface area contributed by atoms with Crippen molar-refractivity contribution in [2.75, 3.05) is 51.7 Å². The first-order valence-corrected chi connectivity index (χ1v) is 10.7. The van der Waals surface area contributed by atoms with Crippen LogP contribution in [-0.2, 0) is 13.0 Å². The van der Waals surface area contributed by atoms with E-state index in [1.165, 1.54) is 17.7 Å². The van der Waals surface area contributed by atoms with Crippen molar-refractivity contribution < 1.29 is 4.39 Å². The van der Waals surface area contributed by atoms with Crippen LogP contribution in [0.2, 0.25) is 0 Å². The maximum absolute atomic E-state index is 13.4. The molecule has 1 aliphatic rings. The molecule has 3 aromatic rings. The molecular formula is C23H30FN7. The number of hydrogen-bond acceptors (Lipinski definition) is 4. The first-order chi connectivity index (χ1) is 15.1. The number of likely N-dealkylation sites (N-methyl/N-ethyl adjacent to an activating group) is 1. The molecule has 3 N–H and O–H groups in total. The second-order valence-electron chi connectivity index (χ2n) is 7.92. The van der Waals surface area contributed by atoms with Gasteiger partial charge in [0.15, 0.2) is 5.96 Å². The van der Waals surface area contributed by atoms with Gasteiger partial charge in [-0.2, -0.15) is 0 Å². The molecule has 31 heavy (non-hydrogen) atoms. The highest BCUT2D eigenvalue weighted by Gasteiger charge is 2.15. The van der Waals surface area contributed by atoms with Gasteiger partial charge in [0.2, 0.25) is 0 Å². The van der Waals surface area contributed by atoms with E-state index in [2.05, 4.69) is 48.5 Å². The van der Waals surface area contributed by atoms with Crippen LogP contribution in [0.4, 0.5) is 10.2 Å². The van der Waals surface area contributed by atoms with Gasteiger partial charge in [-0.05, 0) is 54.9 Å². The molecule has 1 aromatic carbocycles. The van der Waals surface area contributed by atoms with E-state index in [0.717, 1.165) is 67.4 Å². The Morgan fingerprint density at radius 3 is 2.81 bits per heavy atom. The summed E-state index contributed by atoms with van der Waals surface area (Å²) < 4.78 is 13.4. The molecule has 0 atom stereocenters. The number of pyridine rings is 1. The lowest BCUT2D eigenvalue weighted by Gasteiger charge is -2.33. The van der Waals surface area contributed by atoms with Crippen LogP contribution in [0, 0.1) is 5.82 Å². The van der Waals surface area contributed by atoms with Gasteiger partial charge in [0.1, 0.15) is 11.6 Å². The normalized spacial score (nSPS) is 15.5. The number of anilines is 1. The van der Waals surface area contributed by atoms with Gasteiger partial charge in [0.05, 0.1) is 0 Å². The van der Waals surface area contributed by atoms with Crippen molar-refractivity contribution in [3.05, 3.63) is 59.7 Å². The minimum absolute atomic E-state index is 0.226. The molecule has 2 aromatic heterocycles. The van der Waals surface area contributed by atoms with E-state index < -0.39 is 0 Å². The van der Waals surface area contributed by atoms with Gasteiger partial charge in [-0.1, -0.05) is 0 Å². The number of nitrogens with one attached hydrogen (secondary N) is 3. The number of aromatic amines is 1. The number of aromatic nitrogens is 2. The van der Waals surface area contributed by atoms with Crippen molar-refractivity contribution in [1.82, 2.24) is 25.5 Å². The van der Waals surface area contributed by atoms with Crippen molar-refractivity contribution in [2.24, 2.45) is 4.99 Å². The molecule has 3 heterocycles. The van der Waals surface area contributed by atoms with Crippen LogP contribution in [0.1, 0.15) is 11.1 Å². The molecule has 0 bridgehead atoms. The second-order valence-corrected chi connectivity index (χ2v) is 7.92. The standard InChI is InChI=1S/C23H30FN7/c1-25-23(27-8-6-18-16-28-21-14-19(24)3-4-20(18)21)29-15-17-5-7-26-22(13-17)31-11-9-30(2)10-12-31/h3-5,7,13-14,16,28H,6,8-12,15H2,1-2H3,(H2,25,27,29). The maximum Gasteiger partial charge on any atom is 0.191 e. The third kappa shape index (κ3) is 5.32. The Balaban J connectivity index is 1.28. The summed E-state index contributed by atoms with van der Waals surface area (Å²) in [6, 6.07) is 9.03. The summed E-state index contributed by atoms with van der Waals surface area (Å²) in [7, 11) is 3.92. The average molecular weight is 424 g/mol. The zero-order valence-corrected chi connectivity index (χ0v) is 18.2. The Bertz CT molecular complexity index is 1040. The fraction of sp³-hybridized carbons (Fsp3) is 0.391. The highest BCUT2D eigenvalue weighted by molar-refractivity contribution is 5.83. The van der Waals surface area contributed by atoms with Crippen molar-refractivity contribution in [3.8, 4) is 0 Å². The largest absolute Gasteiger partial charge is 0.361 e. The van der Waals surface area contributed by atoms with Gasteiger partial charge >= 0.3 is 0 Å². The van der Waals surface area contributed by atoms with Crippen LogP contribution in [0.15, 0.2) is 47.7 Å². The molecule has 0 aliphatic carbocycles. The summed E-state index contributed by atoms with van der Waals surface area (Å²) in [4.78, 5) is 16.7. The summed E-state index contributed by atoms with van der Waals surface area (Å²) in [5, 5.41) is 7.79. The lowest BCUT2D eigenvalue weighted by atomic mass is 10.1. The fourth-order valence-electron chi connectivity index (χ4n) is 3.87. The summed E-state index contributed by atoms with van der Waals surface area (Å²) >= 11 is 0. The van der Waals surface area contributed by atoms with Gasteiger partial charge in [-0.3, -0.25) is 4.99 Å². The number of fused-ring (bicyclic) bond motifs is 1. The second kappa shape index (κ2) is 9.78. The topological polar surface area (TPSA) is 71.6 Å². The number of halogens is 1. The molecule has 1 saturated heterocycles. The zero-order chi connectivity index (χ0) is 21.6. The minimum atomic E-state index is -0.226. The highest BCUT2D eigenvalue weighted by Crippen LogP contribution is 2.19. The average Bonchev–Trinajstić information content (AvgIpc) is 3.18. The lowest BCUT2D eigenvalue weighted by Crippen LogP contribution is -2.44. The number of aliphatic imine (C=N–C) groups is 1.